The molecule has 0 atom stereocenters. The van der Waals surface area contributed by atoms with E-state index in [1.807, 2.05) is 23.1 Å². The maximum atomic E-state index is 12.2. The lowest BCUT2D eigenvalue weighted by atomic mass is 10.2. The monoisotopic (exact) mass is 296 g/mol. The third-order valence-corrected chi connectivity index (χ3v) is 3.88. The van der Waals surface area contributed by atoms with Gasteiger partial charge in [-0.2, -0.15) is 5.10 Å². The topological polar surface area (TPSA) is 52.2 Å². The van der Waals surface area contributed by atoms with Crippen molar-refractivity contribution < 1.29 is 4.79 Å². The highest BCUT2D eigenvalue weighted by molar-refractivity contribution is 5.93. The Hall–Kier alpha value is -2.40. The summed E-state index contributed by atoms with van der Waals surface area (Å²) in [4.78, 5) is 16.5. The summed E-state index contributed by atoms with van der Waals surface area (Å²) < 4.78 is 0. The highest BCUT2D eigenvalue weighted by atomic mass is 16.2. The van der Waals surface area contributed by atoms with E-state index in [1.54, 1.807) is 12.4 Å². The molecule has 0 radical (unpaired) electrons. The number of piperazine rings is 1. The minimum atomic E-state index is 0.0632. The maximum Gasteiger partial charge on any atom is 0.257 e. The Balaban J connectivity index is 1.46. The second-order valence-electron chi connectivity index (χ2n) is 5.39. The lowest BCUT2D eigenvalue weighted by Crippen LogP contribution is -2.48. The molecule has 1 N–H and O–H groups in total. The lowest BCUT2D eigenvalue weighted by Gasteiger charge is -2.33. The number of hydrogen-bond acceptors (Lipinski definition) is 3. The number of rotatable bonds is 4. The van der Waals surface area contributed by atoms with Crippen LogP contribution >= 0.6 is 0 Å². The predicted octanol–water partition coefficient (Wildman–Crippen LogP) is 1.88. The highest BCUT2D eigenvalue weighted by Gasteiger charge is 2.21. The molecule has 1 aliphatic heterocycles. The minimum absolute atomic E-state index is 0.0632. The molecule has 1 aliphatic rings. The van der Waals surface area contributed by atoms with Crippen molar-refractivity contribution in [1.82, 2.24) is 20.0 Å². The molecule has 0 bridgehead atoms. The molecular weight excluding hydrogens is 276 g/mol. The first-order valence-corrected chi connectivity index (χ1v) is 7.55. The van der Waals surface area contributed by atoms with Gasteiger partial charge >= 0.3 is 0 Å². The third kappa shape index (κ3) is 3.62. The van der Waals surface area contributed by atoms with Crippen LogP contribution in [0, 0.1) is 0 Å². The van der Waals surface area contributed by atoms with Crippen LogP contribution in [0.1, 0.15) is 15.9 Å². The molecule has 1 saturated heterocycles. The summed E-state index contributed by atoms with van der Waals surface area (Å²) in [5.41, 5.74) is 1.86. The molecular formula is C17H20N4O. The van der Waals surface area contributed by atoms with Crippen molar-refractivity contribution in [3.8, 4) is 0 Å². The Morgan fingerprint density at radius 1 is 1.18 bits per heavy atom. The zero-order valence-corrected chi connectivity index (χ0v) is 12.5. The molecule has 114 valence electrons. The summed E-state index contributed by atoms with van der Waals surface area (Å²) >= 11 is 0. The molecule has 2 heterocycles. The second kappa shape index (κ2) is 7.04. The van der Waals surface area contributed by atoms with E-state index in [1.165, 1.54) is 5.56 Å². The molecule has 2 aromatic rings. The number of hydrogen-bond donors (Lipinski definition) is 1. The van der Waals surface area contributed by atoms with Crippen molar-refractivity contribution in [3.63, 3.8) is 0 Å². The molecule has 1 aromatic carbocycles. The molecule has 3 rings (SSSR count). The Labute approximate surface area is 130 Å². The minimum Gasteiger partial charge on any atom is -0.336 e. The fourth-order valence-corrected chi connectivity index (χ4v) is 2.59. The van der Waals surface area contributed by atoms with Crippen molar-refractivity contribution >= 4 is 12.0 Å². The smallest absolute Gasteiger partial charge is 0.257 e. The largest absolute Gasteiger partial charge is 0.336 e. The molecule has 1 amide bonds. The van der Waals surface area contributed by atoms with Crippen molar-refractivity contribution in [2.24, 2.45) is 0 Å². The Bertz CT molecular complexity index is 613. The molecule has 0 spiro atoms. The number of benzene rings is 1. The first kappa shape index (κ1) is 14.5. The van der Waals surface area contributed by atoms with Gasteiger partial charge in [0.25, 0.3) is 5.91 Å². The number of carbonyl (C=O) groups is 1. The highest BCUT2D eigenvalue weighted by Crippen LogP contribution is 2.08. The molecule has 22 heavy (non-hydrogen) atoms. The Morgan fingerprint density at radius 2 is 1.95 bits per heavy atom. The van der Waals surface area contributed by atoms with Crippen LogP contribution in [-0.4, -0.2) is 58.6 Å². The number of aromatic nitrogens is 2. The summed E-state index contributed by atoms with van der Waals surface area (Å²) in [6.07, 6.45) is 7.56. The van der Waals surface area contributed by atoms with Crippen LogP contribution in [0.15, 0.2) is 48.8 Å². The Kier molecular flexibility index (Phi) is 4.65. The number of carbonyl (C=O) groups excluding carboxylic acids is 1. The van der Waals surface area contributed by atoms with Crippen LogP contribution in [0.3, 0.4) is 0 Å². The van der Waals surface area contributed by atoms with Gasteiger partial charge in [0.15, 0.2) is 0 Å². The predicted molar refractivity (Wildman–Crippen MR) is 86.4 cm³/mol. The third-order valence-electron chi connectivity index (χ3n) is 3.88. The Morgan fingerprint density at radius 3 is 2.64 bits per heavy atom. The average Bonchev–Trinajstić information content (AvgIpc) is 3.10. The van der Waals surface area contributed by atoms with Gasteiger partial charge in [0.05, 0.1) is 11.8 Å². The van der Waals surface area contributed by atoms with Crippen LogP contribution in [0.4, 0.5) is 0 Å². The van der Waals surface area contributed by atoms with E-state index in [9.17, 15) is 4.79 Å². The van der Waals surface area contributed by atoms with E-state index in [2.05, 4.69) is 39.4 Å². The van der Waals surface area contributed by atoms with Gasteiger partial charge in [0.2, 0.25) is 0 Å². The summed E-state index contributed by atoms with van der Waals surface area (Å²) in [5, 5.41) is 6.52. The fraction of sp³-hybridized carbons (Fsp3) is 0.294. The van der Waals surface area contributed by atoms with Gasteiger partial charge in [-0.25, -0.2) is 0 Å². The molecule has 0 aliphatic carbocycles. The summed E-state index contributed by atoms with van der Waals surface area (Å²) in [6, 6.07) is 10.3. The zero-order valence-electron chi connectivity index (χ0n) is 12.5. The van der Waals surface area contributed by atoms with Crippen LogP contribution in [0.5, 0.6) is 0 Å². The van der Waals surface area contributed by atoms with Crippen LogP contribution in [0.2, 0.25) is 0 Å². The van der Waals surface area contributed by atoms with Gasteiger partial charge in [-0.3, -0.25) is 14.8 Å². The number of nitrogens with one attached hydrogen (secondary N) is 1. The van der Waals surface area contributed by atoms with E-state index in [0.717, 1.165) is 32.7 Å². The van der Waals surface area contributed by atoms with Crippen molar-refractivity contribution in [2.75, 3.05) is 32.7 Å². The SMILES string of the molecule is O=C(c1cn[nH]c1)N1CCN(C/C=C/c2ccccc2)CC1. The van der Waals surface area contributed by atoms with Crippen LogP contribution in [-0.2, 0) is 0 Å². The summed E-state index contributed by atoms with van der Waals surface area (Å²) in [5.74, 6) is 0.0632. The van der Waals surface area contributed by atoms with Crippen molar-refractivity contribution in [1.29, 1.82) is 0 Å². The fourth-order valence-electron chi connectivity index (χ4n) is 2.59. The van der Waals surface area contributed by atoms with Gasteiger partial charge in [0, 0.05) is 38.9 Å². The summed E-state index contributed by atoms with van der Waals surface area (Å²) in [7, 11) is 0. The number of nitrogens with zero attached hydrogens (tertiary/aromatic N) is 3. The normalized spacial score (nSPS) is 16.3. The number of H-pyrrole nitrogens is 1. The van der Waals surface area contributed by atoms with Gasteiger partial charge in [0.1, 0.15) is 0 Å². The summed E-state index contributed by atoms with van der Waals surface area (Å²) in [6.45, 7) is 4.26. The van der Waals surface area contributed by atoms with Gasteiger partial charge < -0.3 is 4.90 Å². The molecule has 1 fully saturated rings. The quantitative estimate of drug-likeness (QED) is 0.937. The van der Waals surface area contributed by atoms with E-state index in [-0.39, 0.29) is 5.91 Å². The van der Waals surface area contributed by atoms with Gasteiger partial charge in [-0.05, 0) is 5.56 Å². The van der Waals surface area contributed by atoms with E-state index in [0.29, 0.717) is 5.56 Å². The maximum absolute atomic E-state index is 12.2. The zero-order chi connectivity index (χ0) is 15.2. The van der Waals surface area contributed by atoms with Gasteiger partial charge in [-0.1, -0.05) is 42.5 Å². The lowest BCUT2D eigenvalue weighted by molar-refractivity contribution is 0.0650. The van der Waals surface area contributed by atoms with Crippen LogP contribution < -0.4 is 0 Å². The molecule has 0 unspecified atom stereocenters. The molecule has 5 nitrogen and oxygen atoms in total. The molecule has 0 saturated carbocycles. The second-order valence-corrected chi connectivity index (χ2v) is 5.39. The van der Waals surface area contributed by atoms with E-state index in [4.69, 9.17) is 0 Å². The van der Waals surface area contributed by atoms with E-state index >= 15 is 0 Å². The number of amides is 1. The van der Waals surface area contributed by atoms with Crippen LogP contribution in [0.25, 0.3) is 6.08 Å². The first-order valence-electron chi connectivity index (χ1n) is 7.55. The van der Waals surface area contributed by atoms with Crippen molar-refractivity contribution in [2.45, 2.75) is 0 Å². The first-order chi connectivity index (χ1) is 10.8. The standard InChI is InChI=1S/C17H20N4O/c22-17(16-13-18-19-14-16)21-11-9-20(10-12-21)8-4-7-15-5-2-1-3-6-15/h1-7,13-14H,8-12H2,(H,18,19)/b7-4+. The molecule has 1 aromatic heterocycles. The molecule has 5 heteroatoms. The van der Waals surface area contributed by atoms with Gasteiger partial charge in [-0.15, -0.1) is 0 Å². The van der Waals surface area contributed by atoms with Crippen molar-refractivity contribution in [3.05, 3.63) is 59.9 Å². The average molecular weight is 296 g/mol. The van der Waals surface area contributed by atoms with E-state index < -0.39 is 0 Å². The number of aromatic amines is 1.